The molecular formula is C15H19N3O3. The Morgan fingerprint density at radius 1 is 1.14 bits per heavy atom. The van der Waals surface area contributed by atoms with Gasteiger partial charge in [0.2, 0.25) is 0 Å². The number of rotatable bonds is 7. The summed E-state index contributed by atoms with van der Waals surface area (Å²) in [5.74, 6) is -0.850. The van der Waals surface area contributed by atoms with E-state index in [9.17, 15) is 9.59 Å². The van der Waals surface area contributed by atoms with Crippen molar-refractivity contribution in [1.29, 1.82) is 0 Å². The maximum atomic E-state index is 11.5. The molecule has 4 N–H and O–H groups in total. The Balaban J connectivity index is 1.66. The van der Waals surface area contributed by atoms with E-state index in [2.05, 4.69) is 21.7 Å². The molecule has 1 aromatic heterocycles. The molecule has 0 aliphatic carbocycles. The van der Waals surface area contributed by atoms with Crippen molar-refractivity contribution in [3.05, 3.63) is 36.0 Å². The largest absolute Gasteiger partial charge is 0.481 e. The molecular weight excluding hydrogens is 270 g/mol. The number of amides is 2. The Kier molecular flexibility index (Phi) is 5.20. The molecule has 0 aliphatic rings. The molecule has 0 saturated heterocycles. The topological polar surface area (TPSA) is 94.2 Å². The lowest BCUT2D eigenvalue weighted by molar-refractivity contribution is -0.137. The summed E-state index contributed by atoms with van der Waals surface area (Å²) in [4.78, 5) is 24.9. The van der Waals surface area contributed by atoms with Crippen LogP contribution >= 0.6 is 0 Å². The van der Waals surface area contributed by atoms with E-state index >= 15 is 0 Å². The number of carbonyl (C=O) groups excluding carboxylic acids is 1. The zero-order chi connectivity index (χ0) is 15.1. The zero-order valence-electron chi connectivity index (χ0n) is 11.7. The predicted molar refractivity (Wildman–Crippen MR) is 80.3 cm³/mol. The number of hydrogen-bond donors (Lipinski definition) is 4. The number of aromatic amines is 1. The highest BCUT2D eigenvalue weighted by Gasteiger charge is 2.02. The molecule has 112 valence electrons. The molecule has 21 heavy (non-hydrogen) atoms. The van der Waals surface area contributed by atoms with Crippen molar-refractivity contribution < 1.29 is 14.7 Å². The molecule has 2 rings (SSSR count). The summed E-state index contributed by atoms with van der Waals surface area (Å²) < 4.78 is 0. The summed E-state index contributed by atoms with van der Waals surface area (Å²) in [6.07, 6.45) is 3.16. The first-order valence-electron chi connectivity index (χ1n) is 6.94. The molecule has 2 amide bonds. The van der Waals surface area contributed by atoms with Crippen LogP contribution in [0.5, 0.6) is 0 Å². The Morgan fingerprint density at radius 2 is 1.95 bits per heavy atom. The molecule has 0 bridgehead atoms. The second-order valence-electron chi connectivity index (χ2n) is 4.83. The van der Waals surface area contributed by atoms with E-state index < -0.39 is 5.97 Å². The van der Waals surface area contributed by atoms with Gasteiger partial charge >= 0.3 is 12.0 Å². The van der Waals surface area contributed by atoms with E-state index in [1.807, 2.05) is 24.4 Å². The summed E-state index contributed by atoms with van der Waals surface area (Å²) in [6.45, 7) is 0.911. The van der Waals surface area contributed by atoms with Crippen LogP contribution in [0, 0.1) is 0 Å². The van der Waals surface area contributed by atoms with E-state index in [0.29, 0.717) is 19.5 Å². The van der Waals surface area contributed by atoms with Gasteiger partial charge in [-0.05, 0) is 42.0 Å². The standard InChI is InChI=1S/C15H19N3O3/c19-14(20)2-1-7-17-15(21)18-8-5-11-3-4-13-12(10-11)6-9-16-13/h3-4,6,9-10,16H,1-2,5,7-8H2,(H,19,20)(H2,17,18,21). The summed E-state index contributed by atoms with van der Waals surface area (Å²) in [5.41, 5.74) is 2.26. The van der Waals surface area contributed by atoms with Crippen LogP contribution in [0.3, 0.4) is 0 Å². The number of carbonyl (C=O) groups is 2. The number of aromatic nitrogens is 1. The van der Waals surface area contributed by atoms with Crippen LogP contribution in [0.2, 0.25) is 0 Å². The lowest BCUT2D eigenvalue weighted by atomic mass is 10.1. The summed E-state index contributed by atoms with van der Waals surface area (Å²) in [5, 5.41) is 15.0. The quantitative estimate of drug-likeness (QED) is 0.586. The Hall–Kier alpha value is -2.50. The van der Waals surface area contributed by atoms with Crippen LogP contribution < -0.4 is 10.6 Å². The van der Waals surface area contributed by atoms with Crippen molar-refractivity contribution in [2.45, 2.75) is 19.3 Å². The molecule has 2 aromatic rings. The number of benzene rings is 1. The van der Waals surface area contributed by atoms with E-state index in [-0.39, 0.29) is 12.5 Å². The van der Waals surface area contributed by atoms with Crippen molar-refractivity contribution in [3.8, 4) is 0 Å². The first-order valence-corrected chi connectivity index (χ1v) is 6.94. The fourth-order valence-electron chi connectivity index (χ4n) is 2.08. The van der Waals surface area contributed by atoms with Gasteiger partial charge in [0.15, 0.2) is 0 Å². The third kappa shape index (κ3) is 4.83. The molecule has 0 fully saturated rings. The van der Waals surface area contributed by atoms with Crippen LogP contribution in [0.15, 0.2) is 30.5 Å². The van der Waals surface area contributed by atoms with Crippen LogP contribution in [0.4, 0.5) is 4.79 Å². The van der Waals surface area contributed by atoms with Crippen molar-refractivity contribution >= 4 is 22.9 Å². The van der Waals surface area contributed by atoms with Gasteiger partial charge in [0, 0.05) is 31.2 Å². The maximum Gasteiger partial charge on any atom is 0.314 e. The highest BCUT2D eigenvalue weighted by atomic mass is 16.4. The lowest BCUT2D eigenvalue weighted by Gasteiger charge is -2.07. The minimum Gasteiger partial charge on any atom is -0.481 e. The van der Waals surface area contributed by atoms with Gasteiger partial charge in [-0.1, -0.05) is 6.07 Å². The fraction of sp³-hybridized carbons (Fsp3) is 0.333. The second kappa shape index (κ2) is 7.33. The average Bonchev–Trinajstić information content (AvgIpc) is 2.91. The molecule has 0 aliphatic heterocycles. The lowest BCUT2D eigenvalue weighted by Crippen LogP contribution is -2.37. The number of aliphatic carboxylic acids is 1. The smallest absolute Gasteiger partial charge is 0.314 e. The van der Waals surface area contributed by atoms with Gasteiger partial charge < -0.3 is 20.7 Å². The van der Waals surface area contributed by atoms with Gasteiger partial charge in [-0.15, -0.1) is 0 Å². The van der Waals surface area contributed by atoms with Gasteiger partial charge in [-0.2, -0.15) is 0 Å². The Morgan fingerprint density at radius 3 is 2.76 bits per heavy atom. The fourth-order valence-corrected chi connectivity index (χ4v) is 2.08. The summed E-state index contributed by atoms with van der Waals surface area (Å²) in [7, 11) is 0. The highest BCUT2D eigenvalue weighted by Crippen LogP contribution is 2.14. The number of hydrogen-bond acceptors (Lipinski definition) is 2. The molecule has 0 spiro atoms. The first-order chi connectivity index (χ1) is 10.1. The van der Waals surface area contributed by atoms with E-state index in [4.69, 9.17) is 5.11 Å². The number of nitrogens with one attached hydrogen (secondary N) is 3. The Bertz CT molecular complexity index is 621. The summed E-state index contributed by atoms with van der Waals surface area (Å²) >= 11 is 0. The van der Waals surface area contributed by atoms with Crippen LogP contribution in [-0.4, -0.2) is 35.2 Å². The molecule has 1 aromatic carbocycles. The van der Waals surface area contributed by atoms with Gasteiger partial charge in [-0.25, -0.2) is 4.79 Å². The second-order valence-corrected chi connectivity index (χ2v) is 4.83. The zero-order valence-corrected chi connectivity index (χ0v) is 11.7. The number of urea groups is 1. The average molecular weight is 289 g/mol. The number of fused-ring (bicyclic) bond motifs is 1. The van der Waals surface area contributed by atoms with Gasteiger partial charge in [0.05, 0.1) is 0 Å². The van der Waals surface area contributed by atoms with Crippen molar-refractivity contribution in [3.63, 3.8) is 0 Å². The Labute approximate surface area is 122 Å². The first kappa shape index (κ1) is 14.9. The maximum absolute atomic E-state index is 11.5. The molecule has 0 radical (unpaired) electrons. The van der Waals surface area contributed by atoms with Crippen LogP contribution in [-0.2, 0) is 11.2 Å². The minimum atomic E-state index is -0.850. The molecule has 6 nitrogen and oxygen atoms in total. The van der Waals surface area contributed by atoms with Crippen molar-refractivity contribution in [2.75, 3.05) is 13.1 Å². The van der Waals surface area contributed by atoms with E-state index in [1.54, 1.807) is 0 Å². The number of carboxylic acids is 1. The molecule has 1 heterocycles. The van der Waals surface area contributed by atoms with Gasteiger partial charge in [0.25, 0.3) is 0 Å². The molecule has 0 atom stereocenters. The van der Waals surface area contributed by atoms with Gasteiger partial charge in [0.1, 0.15) is 0 Å². The van der Waals surface area contributed by atoms with Crippen molar-refractivity contribution in [2.24, 2.45) is 0 Å². The monoisotopic (exact) mass is 289 g/mol. The summed E-state index contributed by atoms with van der Waals surface area (Å²) in [6, 6.07) is 7.91. The van der Waals surface area contributed by atoms with Crippen LogP contribution in [0.1, 0.15) is 18.4 Å². The van der Waals surface area contributed by atoms with Crippen molar-refractivity contribution in [1.82, 2.24) is 15.6 Å². The third-order valence-corrected chi connectivity index (χ3v) is 3.17. The number of carboxylic acid groups (broad SMARTS) is 1. The molecule has 0 saturated carbocycles. The normalized spacial score (nSPS) is 10.5. The molecule has 6 heteroatoms. The number of H-pyrrole nitrogens is 1. The third-order valence-electron chi connectivity index (χ3n) is 3.17. The predicted octanol–water partition coefficient (Wildman–Crippen LogP) is 1.87. The SMILES string of the molecule is O=C(O)CCCNC(=O)NCCc1ccc2[nH]ccc2c1. The van der Waals surface area contributed by atoms with E-state index in [0.717, 1.165) is 22.9 Å². The highest BCUT2D eigenvalue weighted by molar-refractivity contribution is 5.80. The van der Waals surface area contributed by atoms with Crippen LogP contribution in [0.25, 0.3) is 10.9 Å². The van der Waals surface area contributed by atoms with E-state index in [1.165, 1.54) is 0 Å². The molecule has 0 unspecified atom stereocenters. The minimum absolute atomic E-state index is 0.0664. The van der Waals surface area contributed by atoms with Gasteiger partial charge in [-0.3, -0.25) is 4.79 Å².